The van der Waals surface area contributed by atoms with Gasteiger partial charge >= 0.3 is 6.18 Å². The van der Waals surface area contributed by atoms with Crippen LogP contribution in [0.25, 0.3) is 0 Å². The summed E-state index contributed by atoms with van der Waals surface area (Å²) in [5.41, 5.74) is 0. The van der Waals surface area contributed by atoms with Crippen molar-refractivity contribution in [2.45, 2.75) is 6.18 Å². The molecule has 0 atom stereocenters. The van der Waals surface area contributed by atoms with Gasteiger partial charge in [-0.3, -0.25) is 0 Å². The fraction of sp³-hybridized carbons (Fsp3) is 0.667. The van der Waals surface area contributed by atoms with E-state index in [-0.39, 0.29) is 5.88 Å². The maximum Gasteiger partial charge on any atom is 0.430 e. The second-order valence-electron chi connectivity index (χ2n) is 3.43. The van der Waals surface area contributed by atoms with Gasteiger partial charge in [-0.05, 0) is 0 Å². The van der Waals surface area contributed by atoms with Crippen molar-refractivity contribution in [1.82, 2.24) is 4.98 Å². The van der Waals surface area contributed by atoms with Crippen molar-refractivity contribution >= 4 is 16.5 Å². The van der Waals surface area contributed by atoms with E-state index in [1.165, 1.54) is 7.11 Å². The monoisotopic (exact) mass is 268 g/mol. The molecule has 17 heavy (non-hydrogen) atoms. The Bertz CT molecular complexity index is 388. The van der Waals surface area contributed by atoms with E-state index in [2.05, 4.69) is 9.72 Å². The summed E-state index contributed by atoms with van der Waals surface area (Å²) in [7, 11) is 1.19. The zero-order valence-corrected chi connectivity index (χ0v) is 9.90. The van der Waals surface area contributed by atoms with Crippen molar-refractivity contribution in [3.05, 3.63) is 4.88 Å². The smallest absolute Gasteiger partial charge is 0.430 e. The maximum atomic E-state index is 12.7. The third-order valence-electron chi connectivity index (χ3n) is 2.32. The van der Waals surface area contributed by atoms with Crippen LogP contribution in [-0.4, -0.2) is 38.4 Å². The van der Waals surface area contributed by atoms with Gasteiger partial charge in [0.05, 0.1) is 20.3 Å². The van der Waals surface area contributed by atoms with Crippen LogP contribution in [0.4, 0.5) is 18.3 Å². The fourth-order valence-electron chi connectivity index (χ4n) is 1.50. The first-order valence-electron chi connectivity index (χ1n) is 4.97. The number of alkyl halides is 3. The molecule has 0 bridgehead atoms. The molecule has 0 radical (unpaired) electrons. The van der Waals surface area contributed by atoms with Crippen LogP contribution in [0.5, 0.6) is 5.88 Å². The summed E-state index contributed by atoms with van der Waals surface area (Å²) in [6.07, 6.45) is -4.42. The predicted molar refractivity (Wildman–Crippen MR) is 56.7 cm³/mol. The highest BCUT2D eigenvalue weighted by Crippen LogP contribution is 2.43. The van der Waals surface area contributed by atoms with Gasteiger partial charge in [0, 0.05) is 13.1 Å². The molecule has 0 aromatic carbocycles. The maximum absolute atomic E-state index is 12.7. The van der Waals surface area contributed by atoms with Crippen molar-refractivity contribution in [1.29, 1.82) is 0 Å². The number of aromatic nitrogens is 1. The van der Waals surface area contributed by atoms with Crippen LogP contribution < -0.4 is 9.64 Å². The van der Waals surface area contributed by atoms with Crippen molar-refractivity contribution in [2.75, 3.05) is 38.3 Å². The molecule has 0 saturated carbocycles. The first-order chi connectivity index (χ1) is 8.02. The molecule has 2 heterocycles. The Hall–Kier alpha value is -1.02. The van der Waals surface area contributed by atoms with Gasteiger partial charge in [0.2, 0.25) is 5.88 Å². The lowest BCUT2D eigenvalue weighted by atomic mass is 10.5. The largest absolute Gasteiger partial charge is 0.480 e. The molecule has 0 spiro atoms. The van der Waals surface area contributed by atoms with Gasteiger partial charge in [-0.2, -0.15) is 18.2 Å². The zero-order valence-electron chi connectivity index (χ0n) is 9.08. The second-order valence-corrected chi connectivity index (χ2v) is 4.41. The van der Waals surface area contributed by atoms with Crippen LogP contribution in [0.2, 0.25) is 0 Å². The summed E-state index contributed by atoms with van der Waals surface area (Å²) < 4.78 is 47.8. The van der Waals surface area contributed by atoms with E-state index in [1.54, 1.807) is 4.90 Å². The Morgan fingerprint density at radius 2 is 2.00 bits per heavy atom. The first kappa shape index (κ1) is 12.4. The number of thiazole rings is 1. The molecule has 1 aromatic heterocycles. The highest BCUT2D eigenvalue weighted by atomic mass is 32.1. The third kappa shape index (κ3) is 2.63. The number of methoxy groups -OCH3 is 1. The summed E-state index contributed by atoms with van der Waals surface area (Å²) >= 11 is 0.607. The molecule has 1 aliphatic rings. The van der Waals surface area contributed by atoms with E-state index in [4.69, 9.17) is 4.74 Å². The number of anilines is 1. The third-order valence-corrected chi connectivity index (χ3v) is 3.46. The van der Waals surface area contributed by atoms with E-state index in [0.717, 1.165) is 0 Å². The normalized spacial score (nSPS) is 17.3. The number of halogens is 3. The van der Waals surface area contributed by atoms with Crippen molar-refractivity contribution in [3.8, 4) is 5.88 Å². The summed E-state index contributed by atoms with van der Waals surface area (Å²) in [6, 6.07) is 0. The van der Waals surface area contributed by atoms with Gasteiger partial charge in [0.15, 0.2) is 10.0 Å². The van der Waals surface area contributed by atoms with Crippen LogP contribution in [-0.2, 0) is 10.9 Å². The molecule has 96 valence electrons. The van der Waals surface area contributed by atoms with Crippen LogP contribution >= 0.6 is 11.3 Å². The van der Waals surface area contributed by atoms with Gasteiger partial charge in [0.25, 0.3) is 0 Å². The molecule has 2 rings (SSSR count). The second kappa shape index (κ2) is 4.69. The van der Waals surface area contributed by atoms with E-state index in [1.807, 2.05) is 0 Å². The number of rotatable bonds is 2. The molecule has 0 aliphatic carbocycles. The lowest BCUT2D eigenvalue weighted by Gasteiger charge is -2.25. The van der Waals surface area contributed by atoms with Gasteiger partial charge < -0.3 is 14.4 Å². The standard InChI is InChI=1S/C9H11F3N2O2S/c1-15-7-6(9(10,11)12)17-8(13-7)14-2-4-16-5-3-14/h2-5H2,1H3. The number of ether oxygens (including phenoxy) is 2. The minimum absolute atomic E-state index is 0.331. The van der Waals surface area contributed by atoms with Crippen molar-refractivity contribution in [3.63, 3.8) is 0 Å². The molecule has 0 unspecified atom stereocenters. The lowest BCUT2D eigenvalue weighted by Crippen LogP contribution is -2.36. The number of nitrogens with zero attached hydrogens (tertiary/aromatic N) is 2. The molecular weight excluding hydrogens is 257 g/mol. The van der Waals surface area contributed by atoms with Gasteiger partial charge in [-0.15, -0.1) is 0 Å². The van der Waals surface area contributed by atoms with Crippen molar-refractivity contribution < 1.29 is 22.6 Å². The molecule has 8 heteroatoms. The Morgan fingerprint density at radius 3 is 2.47 bits per heavy atom. The van der Waals surface area contributed by atoms with E-state index in [0.29, 0.717) is 42.8 Å². The molecule has 1 saturated heterocycles. The van der Waals surface area contributed by atoms with Crippen LogP contribution in [0.1, 0.15) is 4.88 Å². The average molecular weight is 268 g/mol. The summed E-state index contributed by atoms with van der Waals surface area (Å²) in [4.78, 5) is 4.84. The molecule has 1 aromatic rings. The number of hydrogen-bond donors (Lipinski definition) is 0. The van der Waals surface area contributed by atoms with Crippen LogP contribution in [0.3, 0.4) is 0 Å². The number of morpholine rings is 1. The SMILES string of the molecule is COc1nc(N2CCOCC2)sc1C(F)(F)F. The highest BCUT2D eigenvalue weighted by Gasteiger charge is 2.39. The number of hydrogen-bond acceptors (Lipinski definition) is 5. The summed E-state index contributed by atoms with van der Waals surface area (Å²) in [5, 5.41) is 0.331. The Kier molecular flexibility index (Phi) is 3.43. The topological polar surface area (TPSA) is 34.6 Å². The highest BCUT2D eigenvalue weighted by molar-refractivity contribution is 7.16. The molecule has 4 nitrogen and oxygen atoms in total. The first-order valence-corrected chi connectivity index (χ1v) is 5.78. The van der Waals surface area contributed by atoms with Crippen LogP contribution in [0.15, 0.2) is 0 Å². The quantitative estimate of drug-likeness (QED) is 0.821. The molecule has 1 aliphatic heterocycles. The van der Waals surface area contributed by atoms with Gasteiger partial charge in [-0.25, -0.2) is 0 Å². The fourth-order valence-corrected chi connectivity index (χ4v) is 2.46. The average Bonchev–Trinajstić information content (AvgIpc) is 2.74. The molecular formula is C9H11F3N2O2S. The Morgan fingerprint density at radius 1 is 1.35 bits per heavy atom. The van der Waals surface area contributed by atoms with Gasteiger partial charge in [0.1, 0.15) is 0 Å². The van der Waals surface area contributed by atoms with E-state index < -0.39 is 11.1 Å². The summed E-state index contributed by atoms with van der Waals surface area (Å²) in [6.45, 7) is 2.11. The lowest BCUT2D eigenvalue weighted by molar-refractivity contribution is -0.135. The zero-order chi connectivity index (χ0) is 12.5. The van der Waals surface area contributed by atoms with E-state index in [9.17, 15) is 13.2 Å². The van der Waals surface area contributed by atoms with Crippen LogP contribution in [0, 0.1) is 0 Å². The van der Waals surface area contributed by atoms with Crippen molar-refractivity contribution in [2.24, 2.45) is 0 Å². The minimum Gasteiger partial charge on any atom is -0.480 e. The molecule has 0 N–H and O–H groups in total. The predicted octanol–water partition coefficient (Wildman–Crippen LogP) is 2.01. The Labute approximate surface area is 100.0 Å². The van der Waals surface area contributed by atoms with E-state index >= 15 is 0 Å². The summed E-state index contributed by atoms with van der Waals surface area (Å²) in [5.74, 6) is -0.357. The molecule has 0 amide bonds. The van der Waals surface area contributed by atoms with Gasteiger partial charge in [-0.1, -0.05) is 11.3 Å². The molecule has 1 fully saturated rings. The Balaban J connectivity index is 2.27. The minimum atomic E-state index is -4.42.